The van der Waals surface area contributed by atoms with Gasteiger partial charge in [0.2, 0.25) is 0 Å². The lowest BCUT2D eigenvalue weighted by molar-refractivity contribution is -0.0856. The number of aliphatic hydroxyl groups excluding tert-OH is 2. The van der Waals surface area contributed by atoms with E-state index in [9.17, 15) is 10.2 Å². The summed E-state index contributed by atoms with van der Waals surface area (Å²) in [4.78, 5) is 17.5. The molecule has 11 nitrogen and oxygen atoms in total. The van der Waals surface area contributed by atoms with Gasteiger partial charge in [0.15, 0.2) is 17.7 Å². The van der Waals surface area contributed by atoms with Gasteiger partial charge in [-0.25, -0.2) is 15.0 Å². The summed E-state index contributed by atoms with van der Waals surface area (Å²) in [5, 5.41) is 24.8. The number of aliphatic hydroxyl groups is 2. The minimum atomic E-state index is -1.17. The number of hydrogen-bond acceptors (Lipinski definition) is 10. The van der Waals surface area contributed by atoms with Crippen LogP contribution in [0.25, 0.3) is 11.2 Å². The van der Waals surface area contributed by atoms with Gasteiger partial charge in [-0.2, -0.15) is 10.7 Å². The molecule has 1 aliphatic heterocycles. The van der Waals surface area contributed by atoms with E-state index in [1.54, 1.807) is 0 Å². The molecule has 1 saturated carbocycles. The summed E-state index contributed by atoms with van der Waals surface area (Å²) in [5.41, 5.74) is 9.13. The van der Waals surface area contributed by atoms with E-state index >= 15 is 0 Å². The molecule has 3 heterocycles. The first-order chi connectivity index (χ1) is 13.6. The molecule has 152 valence electrons. The van der Waals surface area contributed by atoms with Crippen LogP contribution in [0.2, 0.25) is 0 Å². The number of fused-ring (bicyclic) bond motifs is 1. The van der Waals surface area contributed by atoms with Gasteiger partial charge in [-0.3, -0.25) is 9.40 Å². The van der Waals surface area contributed by atoms with Crippen molar-refractivity contribution in [2.24, 2.45) is 11.0 Å². The van der Waals surface area contributed by atoms with Crippen LogP contribution in [0.3, 0.4) is 0 Å². The summed E-state index contributed by atoms with van der Waals surface area (Å²) in [7, 11) is 0. The van der Waals surface area contributed by atoms with Crippen LogP contribution >= 0.6 is 0 Å². The van der Waals surface area contributed by atoms with E-state index in [-0.39, 0.29) is 12.4 Å². The molecule has 2 aromatic heterocycles. The van der Waals surface area contributed by atoms with Gasteiger partial charge in [-0.15, -0.1) is 0 Å². The number of nitrogens with zero attached hydrogens (tertiary/aromatic N) is 5. The zero-order valence-corrected chi connectivity index (χ0v) is 15.4. The second kappa shape index (κ2) is 8.35. The zero-order valence-electron chi connectivity index (χ0n) is 15.4. The number of nitrogens with one attached hydrogen (secondary N) is 1. The first kappa shape index (κ1) is 19.0. The predicted octanol–water partition coefficient (Wildman–Crippen LogP) is 0.115. The third-order valence-corrected chi connectivity index (χ3v) is 5.30. The largest absolute Gasteiger partial charge is 0.387 e. The van der Waals surface area contributed by atoms with E-state index < -0.39 is 24.5 Å². The van der Waals surface area contributed by atoms with Gasteiger partial charge >= 0.3 is 0 Å². The summed E-state index contributed by atoms with van der Waals surface area (Å²) in [6.45, 7) is 0.0144. The molecule has 4 rings (SSSR count). The highest BCUT2D eigenvalue weighted by molar-refractivity contribution is 5.81. The maximum atomic E-state index is 10.4. The molecular formula is C17H25N7O4. The Kier molecular flexibility index (Phi) is 5.67. The number of nitrogen functional groups attached to an aromatic ring is 1. The van der Waals surface area contributed by atoms with Crippen molar-refractivity contribution >= 4 is 23.2 Å². The Bertz CT molecular complexity index is 823. The Balaban J connectivity index is 1.34. The third kappa shape index (κ3) is 3.78. The SMILES string of the molecule is Nc1ncnc2c1ncn2[C@@H]1O[C@H](CON/N=C/C2CCCCC2)[C@@H](O)[C@H]1O. The van der Waals surface area contributed by atoms with Crippen LogP contribution in [-0.4, -0.2) is 60.9 Å². The number of nitrogens with two attached hydrogens (primary N) is 1. The standard InChI is InChI=1S/C17H25N7O4/c18-15-12-16(20-8-19-15)24(9-21-12)17-14(26)13(25)11(28-17)7-27-23-22-6-10-4-2-1-3-5-10/h6,8-11,13-14,17,23,25-26H,1-5,7H2,(H2,18,19,20)/b22-6+/t11-,13-,14-,17-/m1/s1. The zero-order chi connectivity index (χ0) is 19.5. The lowest BCUT2D eigenvalue weighted by Crippen LogP contribution is -2.34. The maximum absolute atomic E-state index is 10.4. The lowest BCUT2D eigenvalue weighted by atomic mass is 9.90. The van der Waals surface area contributed by atoms with E-state index in [2.05, 4.69) is 25.6 Å². The second-order valence-electron chi connectivity index (χ2n) is 7.21. The van der Waals surface area contributed by atoms with Crippen molar-refractivity contribution in [1.29, 1.82) is 0 Å². The Morgan fingerprint density at radius 2 is 2.07 bits per heavy atom. The Morgan fingerprint density at radius 3 is 2.89 bits per heavy atom. The Morgan fingerprint density at radius 1 is 1.25 bits per heavy atom. The summed E-state index contributed by atoms with van der Waals surface area (Å²) < 4.78 is 7.30. The van der Waals surface area contributed by atoms with Crippen LogP contribution in [0, 0.1) is 5.92 Å². The summed E-state index contributed by atoms with van der Waals surface area (Å²) in [5.74, 6) is 0.713. The average Bonchev–Trinajstić information content (AvgIpc) is 3.26. The highest BCUT2D eigenvalue weighted by atomic mass is 16.7. The number of rotatable bonds is 6. The smallest absolute Gasteiger partial charge is 0.167 e. The number of hydrazone groups is 1. The third-order valence-electron chi connectivity index (χ3n) is 5.30. The first-order valence-electron chi connectivity index (χ1n) is 9.49. The van der Waals surface area contributed by atoms with Crippen molar-refractivity contribution in [3.63, 3.8) is 0 Å². The van der Waals surface area contributed by atoms with Gasteiger partial charge in [0.25, 0.3) is 0 Å². The molecule has 1 aliphatic carbocycles. The Hall–Kier alpha value is -2.34. The molecule has 4 atom stereocenters. The molecule has 0 aromatic carbocycles. The molecule has 0 radical (unpaired) electrons. The number of aromatic nitrogens is 4. The lowest BCUT2D eigenvalue weighted by Gasteiger charge is -2.17. The van der Waals surface area contributed by atoms with Gasteiger partial charge < -0.3 is 20.7 Å². The van der Waals surface area contributed by atoms with Crippen molar-refractivity contribution in [2.75, 3.05) is 12.3 Å². The Labute approximate surface area is 161 Å². The minimum absolute atomic E-state index is 0.0144. The molecule has 5 N–H and O–H groups in total. The van der Waals surface area contributed by atoms with Gasteiger partial charge in [-0.05, 0) is 18.8 Å². The van der Waals surface area contributed by atoms with Crippen molar-refractivity contribution in [2.45, 2.75) is 56.6 Å². The molecule has 0 unspecified atom stereocenters. The monoisotopic (exact) mass is 391 g/mol. The molecule has 2 aromatic rings. The van der Waals surface area contributed by atoms with Crippen LogP contribution in [-0.2, 0) is 9.57 Å². The number of hydrogen-bond donors (Lipinski definition) is 4. The number of anilines is 1. The van der Waals surface area contributed by atoms with Crippen LogP contribution < -0.4 is 11.3 Å². The van der Waals surface area contributed by atoms with Crippen LogP contribution in [0.1, 0.15) is 38.3 Å². The predicted molar refractivity (Wildman–Crippen MR) is 99.8 cm³/mol. The van der Waals surface area contributed by atoms with Gasteiger partial charge in [0.05, 0.1) is 6.33 Å². The van der Waals surface area contributed by atoms with Crippen molar-refractivity contribution in [3.05, 3.63) is 12.7 Å². The highest BCUT2D eigenvalue weighted by Gasteiger charge is 2.44. The molecule has 0 amide bonds. The van der Waals surface area contributed by atoms with E-state index in [4.69, 9.17) is 15.3 Å². The topological polar surface area (TPSA) is 153 Å². The van der Waals surface area contributed by atoms with Gasteiger partial charge in [0, 0.05) is 6.21 Å². The molecular weight excluding hydrogens is 366 g/mol. The number of ether oxygens (including phenoxy) is 1. The quantitative estimate of drug-likeness (QED) is 0.305. The van der Waals surface area contributed by atoms with E-state index in [1.165, 1.54) is 36.5 Å². The molecule has 2 aliphatic rings. The molecule has 0 bridgehead atoms. The molecule has 0 spiro atoms. The van der Waals surface area contributed by atoms with Crippen molar-refractivity contribution in [1.82, 2.24) is 25.1 Å². The molecule has 1 saturated heterocycles. The molecule has 2 fully saturated rings. The summed E-state index contributed by atoms with van der Waals surface area (Å²) in [6, 6.07) is 0. The van der Waals surface area contributed by atoms with E-state index in [0.29, 0.717) is 17.1 Å². The first-order valence-corrected chi connectivity index (χ1v) is 9.49. The molecule has 11 heteroatoms. The van der Waals surface area contributed by atoms with Crippen LogP contribution in [0.15, 0.2) is 17.8 Å². The number of imidazole rings is 1. The van der Waals surface area contributed by atoms with Crippen LogP contribution in [0.4, 0.5) is 5.82 Å². The summed E-state index contributed by atoms with van der Waals surface area (Å²) in [6.07, 6.45) is 6.77. The molecule has 28 heavy (non-hydrogen) atoms. The fourth-order valence-electron chi connectivity index (χ4n) is 3.73. The second-order valence-corrected chi connectivity index (χ2v) is 7.21. The normalized spacial score (nSPS) is 29.1. The maximum Gasteiger partial charge on any atom is 0.167 e. The van der Waals surface area contributed by atoms with Crippen molar-refractivity contribution in [3.8, 4) is 0 Å². The summed E-state index contributed by atoms with van der Waals surface area (Å²) >= 11 is 0. The van der Waals surface area contributed by atoms with E-state index in [0.717, 1.165) is 12.8 Å². The minimum Gasteiger partial charge on any atom is -0.387 e. The average molecular weight is 391 g/mol. The highest BCUT2D eigenvalue weighted by Crippen LogP contribution is 2.32. The van der Waals surface area contributed by atoms with Crippen molar-refractivity contribution < 1.29 is 19.8 Å². The fourth-order valence-corrected chi connectivity index (χ4v) is 3.73. The van der Waals surface area contributed by atoms with E-state index in [1.807, 2.05) is 6.21 Å². The van der Waals surface area contributed by atoms with Gasteiger partial charge in [0.1, 0.15) is 36.8 Å². The van der Waals surface area contributed by atoms with Gasteiger partial charge in [-0.1, -0.05) is 19.3 Å². The van der Waals surface area contributed by atoms with Crippen LogP contribution in [0.5, 0.6) is 0 Å². The fraction of sp³-hybridized carbons (Fsp3) is 0.647.